The zero-order chi connectivity index (χ0) is 9.42. The standard InChI is InChI=1S/C7H8IN3O2/c8-5-6(9-3-10-7(5)13)11-1-4(12)2-11/h3-4,12H,1-2H2,(H,9,10,13). The van der Waals surface area contributed by atoms with Crippen molar-refractivity contribution in [2.75, 3.05) is 18.0 Å². The van der Waals surface area contributed by atoms with Crippen LogP contribution in [0.1, 0.15) is 0 Å². The molecule has 0 amide bonds. The van der Waals surface area contributed by atoms with Crippen LogP contribution < -0.4 is 10.5 Å². The quantitative estimate of drug-likeness (QED) is 0.689. The van der Waals surface area contributed by atoms with Crippen LogP contribution in [0.25, 0.3) is 0 Å². The van der Waals surface area contributed by atoms with Gasteiger partial charge in [-0.15, -0.1) is 0 Å². The van der Waals surface area contributed by atoms with E-state index < -0.39 is 0 Å². The lowest BCUT2D eigenvalue weighted by Gasteiger charge is -2.36. The van der Waals surface area contributed by atoms with Crippen molar-refractivity contribution in [3.63, 3.8) is 0 Å². The number of nitrogens with zero attached hydrogens (tertiary/aromatic N) is 2. The zero-order valence-corrected chi connectivity index (χ0v) is 8.85. The third-order valence-corrected chi connectivity index (χ3v) is 2.91. The zero-order valence-electron chi connectivity index (χ0n) is 6.70. The van der Waals surface area contributed by atoms with E-state index in [0.29, 0.717) is 22.5 Å². The molecule has 0 bridgehead atoms. The molecule has 70 valence electrons. The van der Waals surface area contributed by atoms with Gasteiger partial charge in [-0.2, -0.15) is 0 Å². The highest BCUT2D eigenvalue weighted by Crippen LogP contribution is 2.20. The number of halogens is 1. The Morgan fingerprint density at radius 2 is 2.38 bits per heavy atom. The van der Waals surface area contributed by atoms with Crippen LogP contribution in [0.4, 0.5) is 5.82 Å². The van der Waals surface area contributed by atoms with E-state index in [9.17, 15) is 4.79 Å². The first-order valence-corrected chi connectivity index (χ1v) is 4.92. The highest BCUT2D eigenvalue weighted by atomic mass is 127. The average molecular weight is 293 g/mol. The van der Waals surface area contributed by atoms with E-state index >= 15 is 0 Å². The summed E-state index contributed by atoms with van der Waals surface area (Å²) in [6.07, 6.45) is 1.10. The topological polar surface area (TPSA) is 69.2 Å². The van der Waals surface area contributed by atoms with E-state index in [0.717, 1.165) is 0 Å². The number of aromatic amines is 1. The summed E-state index contributed by atoms with van der Waals surface area (Å²) in [5.41, 5.74) is -0.132. The molecule has 1 saturated heterocycles. The van der Waals surface area contributed by atoms with Crippen molar-refractivity contribution in [3.05, 3.63) is 20.3 Å². The number of hydrogen-bond donors (Lipinski definition) is 2. The fraction of sp³-hybridized carbons (Fsp3) is 0.429. The molecular weight excluding hydrogens is 285 g/mol. The van der Waals surface area contributed by atoms with Crippen LogP contribution in [0, 0.1) is 3.57 Å². The predicted molar refractivity (Wildman–Crippen MR) is 55.8 cm³/mol. The normalized spacial score (nSPS) is 17.2. The van der Waals surface area contributed by atoms with Gasteiger partial charge < -0.3 is 15.0 Å². The summed E-state index contributed by atoms with van der Waals surface area (Å²) in [6, 6.07) is 0. The van der Waals surface area contributed by atoms with Gasteiger partial charge in [0, 0.05) is 13.1 Å². The molecule has 0 aliphatic carbocycles. The lowest BCUT2D eigenvalue weighted by Crippen LogP contribution is -2.52. The average Bonchev–Trinajstić information content (AvgIpc) is 2.05. The summed E-state index contributed by atoms with van der Waals surface area (Å²) >= 11 is 1.95. The lowest BCUT2D eigenvalue weighted by atomic mass is 10.2. The van der Waals surface area contributed by atoms with E-state index in [-0.39, 0.29) is 11.7 Å². The number of aromatic nitrogens is 2. The van der Waals surface area contributed by atoms with Crippen molar-refractivity contribution in [3.8, 4) is 0 Å². The van der Waals surface area contributed by atoms with Crippen LogP contribution in [0.2, 0.25) is 0 Å². The Morgan fingerprint density at radius 1 is 1.69 bits per heavy atom. The molecular formula is C7H8IN3O2. The van der Waals surface area contributed by atoms with Crippen LogP contribution in [0.3, 0.4) is 0 Å². The van der Waals surface area contributed by atoms with Gasteiger partial charge in [0.1, 0.15) is 9.39 Å². The van der Waals surface area contributed by atoms with Gasteiger partial charge in [0.15, 0.2) is 0 Å². The third-order valence-electron chi connectivity index (χ3n) is 1.94. The molecule has 2 rings (SSSR count). The summed E-state index contributed by atoms with van der Waals surface area (Å²) in [5.74, 6) is 0.662. The van der Waals surface area contributed by atoms with Gasteiger partial charge in [-0.1, -0.05) is 0 Å². The second kappa shape index (κ2) is 3.26. The lowest BCUT2D eigenvalue weighted by molar-refractivity contribution is 0.141. The van der Waals surface area contributed by atoms with E-state index in [1.807, 2.05) is 27.5 Å². The minimum atomic E-state index is -0.281. The first-order valence-electron chi connectivity index (χ1n) is 3.84. The van der Waals surface area contributed by atoms with Gasteiger partial charge in [-0.3, -0.25) is 4.79 Å². The number of rotatable bonds is 1. The summed E-state index contributed by atoms with van der Waals surface area (Å²) in [7, 11) is 0. The number of H-pyrrole nitrogens is 1. The predicted octanol–water partition coefficient (Wildman–Crippen LogP) is -0.445. The molecule has 1 aromatic rings. The fourth-order valence-corrected chi connectivity index (χ4v) is 1.86. The monoisotopic (exact) mass is 293 g/mol. The number of β-amino-alcohol motifs (C(OH)–C–C–N with tert-alkyl or cyclic N) is 1. The number of aliphatic hydroxyl groups excluding tert-OH is 1. The minimum Gasteiger partial charge on any atom is -0.389 e. The van der Waals surface area contributed by atoms with Gasteiger partial charge in [-0.05, 0) is 22.6 Å². The van der Waals surface area contributed by atoms with Crippen molar-refractivity contribution in [2.45, 2.75) is 6.10 Å². The maximum Gasteiger partial charge on any atom is 0.266 e. The highest BCUT2D eigenvalue weighted by molar-refractivity contribution is 14.1. The van der Waals surface area contributed by atoms with Crippen molar-refractivity contribution >= 4 is 28.4 Å². The molecule has 2 N–H and O–H groups in total. The van der Waals surface area contributed by atoms with Gasteiger partial charge in [0.25, 0.3) is 5.56 Å². The summed E-state index contributed by atoms with van der Waals surface area (Å²) in [4.78, 5) is 19.6. The van der Waals surface area contributed by atoms with Gasteiger partial charge in [-0.25, -0.2) is 4.98 Å². The molecule has 0 saturated carbocycles. The Morgan fingerprint density at radius 3 is 3.00 bits per heavy atom. The number of aliphatic hydroxyl groups is 1. The van der Waals surface area contributed by atoms with Crippen molar-refractivity contribution in [2.24, 2.45) is 0 Å². The van der Waals surface area contributed by atoms with Crippen molar-refractivity contribution in [1.82, 2.24) is 9.97 Å². The van der Waals surface area contributed by atoms with Crippen LogP contribution in [0.5, 0.6) is 0 Å². The molecule has 0 unspecified atom stereocenters. The number of nitrogens with one attached hydrogen (secondary N) is 1. The van der Waals surface area contributed by atoms with E-state index in [1.165, 1.54) is 6.33 Å². The molecule has 1 aromatic heterocycles. The summed E-state index contributed by atoms with van der Waals surface area (Å²) in [6.45, 7) is 1.12. The second-order valence-electron chi connectivity index (χ2n) is 2.93. The van der Waals surface area contributed by atoms with Crippen LogP contribution >= 0.6 is 22.6 Å². The molecule has 6 heteroatoms. The Kier molecular flexibility index (Phi) is 2.24. The Balaban J connectivity index is 2.31. The molecule has 5 nitrogen and oxygen atoms in total. The van der Waals surface area contributed by atoms with E-state index in [2.05, 4.69) is 9.97 Å². The summed E-state index contributed by atoms with van der Waals surface area (Å²) in [5, 5.41) is 9.08. The molecule has 1 aliphatic heterocycles. The fourth-order valence-electron chi connectivity index (χ4n) is 1.22. The van der Waals surface area contributed by atoms with Gasteiger partial charge in [0.2, 0.25) is 0 Å². The molecule has 0 aromatic carbocycles. The smallest absolute Gasteiger partial charge is 0.266 e. The molecule has 1 aliphatic rings. The molecule has 2 heterocycles. The summed E-state index contributed by atoms with van der Waals surface area (Å²) < 4.78 is 0.576. The van der Waals surface area contributed by atoms with Crippen LogP contribution in [-0.4, -0.2) is 34.3 Å². The minimum absolute atomic E-state index is 0.132. The first-order chi connectivity index (χ1) is 6.18. The molecule has 0 radical (unpaired) electrons. The van der Waals surface area contributed by atoms with Crippen molar-refractivity contribution < 1.29 is 5.11 Å². The largest absolute Gasteiger partial charge is 0.389 e. The highest BCUT2D eigenvalue weighted by Gasteiger charge is 2.27. The number of anilines is 1. The van der Waals surface area contributed by atoms with Crippen molar-refractivity contribution in [1.29, 1.82) is 0 Å². The maximum absolute atomic E-state index is 11.2. The maximum atomic E-state index is 11.2. The Bertz CT molecular complexity index is 372. The van der Waals surface area contributed by atoms with E-state index in [4.69, 9.17) is 5.11 Å². The van der Waals surface area contributed by atoms with Crippen LogP contribution in [-0.2, 0) is 0 Å². The molecule has 13 heavy (non-hydrogen) atoms. The van der Waals surface area contributed by atoms with Gasteiger partial charge in [0.05, 0.1) is 12.4 Å². The van der Waals surface area contributed by atoms with Crippen LogP contribution in [0.15, 0.2) is 11.1 Å². The Hall–Kier alpha value is -0.630. The molecule has 1 fully saturated rings. The molecule has 0 atom stereocenters. The second-order valence-corrected chi connectivity index (χ2v) is 4.01. The molecule has 0 spiro atoms. The Labute approximate surface area is 87.9 Å². The first kappa shape index (κ1) is 8.95. The van der Waals surface area contributed by atoms with Gasteiger partial charge >= 0.3 is 0 Å². The SMILES string of the molecule is O=c1[nH]cnc(N2CC(O)C2)c1I. The third kappa shape index (κ3) is 1.55. The number of hydrogen-bond acceptors (Lipinski definition) is 4. The van der Waals surface area contributed by atoms with E-state index in [1.54, 1.807) is 0 Å².